The van der Waals surface area contributed by atoms with Gasteiger partial charge in [0.2, 0.25) is 5.82 Å². The van der Waals surface area contributed by atoms with E-state index in [9.17, 15) is 9.59 Å². The zero-order chi connectivity index (χ0) is 17.1. The van der Waals surface area contributed by atoms with E-state index in [2.05, 4.69) is 15.3 Å². The van der Waals surface area contributed by atoms with Crippen LogP contribution in [0.3, 0.4) is 0 Å². The lowest BCUT2D eigenvalue weighted by Gasteiger charge is -1.95. The number of carbonyl (C=O) groups is 1. The largest absolute Gasteiger partial charge is 0.475 e. The zero-order valence-corrected chi connectivity index (χ0v) is 13.9. The van der Waals surface area contributed by atoms with Crippen LogP contribution in [-0.2, 0) is 19.4 Å². The van der Waals surface area contributed by atoms with Crippen molar-refractivity contribution in [3.05, 3.63) is 50.8 Å². The van der Waals surface area contributed by atoms with Crippen molar-refractivity contribution < 1.29 is 14.3 Å². The lowest BCUT2D eigenvalue weighted by Crippen LogP contribution is -2.15. The summed E-state index contributed by atoms with van der Waals surface area (Å²) >= 11 is 1.44. The monoisotopic (exact) mass is 347 g/mol. The van der Waals surface area contributed by atoms with E-state index in [0.29, 0.717) is 10.2 Å². The Balaban J connectivity index is 0.000000179. The topological polar surface area (TPSA) is 108 Å². The molecule has 0 unspecified atom stereocenters. The van der Waals surface area contributed by atoms with E-state index in [-0.39, 0.29) is 11.4 Å². The van der Waals surface area contributed by atoms with Gasteiger partial charge in [0.05, 0.1) is 18.2 Å². The standard InChI is InChI=1S/C10H8N2O3S.C6H9NO/c13-8-6-4-2-1-3-5(4)16-9(6)12-7(11-8)10(14)15;1-7-5-6-3-2-4-8-6/h1-3H2,(H,14,15)(H,11,12,13);2-4,7H,5H2,1H3. The number of rotatable bonds is 3. The highest BCUT2D eigenvalue weighted by molar-refractivity contribution is 7.18. The number of aryl methyl sites for hydroxylation is 2. The van der Waals surface area contributed by atoms with Gasteiger partial charge in [-0.2, -0.15) is 0 Å². The highest BCUT2D eigenvalue weighted by Crippen LogP contribution is 2.34. The summed E-state index contributed by atoms with van der Waals surface area (Å²) in [5, 5.41) is 12.3. The number of nitrogens with one attached hydrogen (secondary N) is 2. The summed E-state index contributed by atoms with van der Waals surface area (Å²) < 4.78 is 5.01. The minimum atomic E-state index is -1.20. The van der Waals surface area contributed by atoms with Gasteiger partial charge in [-0.25, -0.2) is 9.78 Å². The third-order valence-corrected chi connectivity index (χ3v) is 4.89. The van der Waals surface area contributed by atoms with Crippen LogP contribution in [0.15, 0.2) is 27.6 Å². The highest BCUT2D eigenvalue weighted by Gasteiger charge is 2.21. The summed E-state index contributed by atoms with van der Waals surface area (Å²) in [5.41, 5.74) is 0.729. The van der Waals surface area contributed by atoms with Crippen LogP contribution in [0.5, 0.6) is 0 Å². The van der Waals surface area contributed by atoms with Gasteiger partial charge in [-0.3, -0.25) is 4.79 Å². The molecule has 7 nitrogen and oxygen atoms in total. The van der Waals surface area contributed by atoms with Gasteiger partial charge in [-0.15, -0.1) is 11.3 Å². The summed E-state index contributed by atoms with van der Waals surface area (Å²) in [6, 6.07) is 3.82. The maximum absolute atomic E-state index is 11.8. The molecule has 0 fully saturated rings. The minimum absolute atomic E-state index is 0.280. The highest BCUT2D eigenvalue weighted by atomic mass is 32.1. The molecular weight excluding hydrogens is 330 g/mol. The molecule has 4 rings (SSSR count). The number of carboxylic acids is 1. The second-order valence-corrected chi connectivity index (χ2v) is 6.45. The smallest absolute Gasteiger partial charge is 0.372 e. The molecule has 0 saturated carbocycles. The lowest BCUT2D eigenvalue weighted by atomic mass is 10.2. The first kappa shape index (κ1) is 16.4. The van der Waals surface area contributed by atoms with Gasteiger partial charge in [-0.1, -0.05) is 0 Å². The normalized spacial score (nSPS) is 12.7. The van der Waals surface area contributed by atoms with Crippen LogP contribution in [-0.4, -0.2) is 28.1 Å². The van der Waals surface area contributed by atoms with Gasteiger partial charge in [0.15, 0.2) is 0 Å². The molecule has 0 saturated heterocycles. The number of thiophene rings is 1. The van der Waals surface area contributed by atoms with Crippen molar-refractivity contribution in [3.8, 4) is 0 Å². The molecule has 24 heavy (non-hydrogen) atoms. The van der Waals surface area contributed by atoms with Gasteiger partial charge in [0, 0.05) is 4.88 Å². The van der Waals surface area contributed by atoms with E-state index < -0.39 is 5.97 Å². The summed E-state index contributed by atoms with van der Waals surface area (Å²) in [6.45, 7) is 0.812. The Labute approximate surface area is 141 Å². The molecule has 0 aromatic carbocycles. The Bertz CT molecular complexity index is 911. The van der Waals surface area contributed by atoms with Gasteiger partial charge in [-0.05, 0) is 44.0 Å². The number of hydrogen-bond donors (Lipinski definition) is 3. The third-order valence-electron chi connectivity index (χ3n) is 3.71. The van der Waals surface area contributed by atoms with Crippen LogP contribution in [0, 0.1) is 0 Å². The van der Waals surface area contributed by atoms with E-state index in [1.165, 1.54) is 16.2 Å². The van der Waals surface area contributed by atoms with Crippen molar-refractivity contribution in [1.82, 2.24) is 15.3 Å². The molecule has 0 radical (unpaired) electrons. The molecule has 126 valence electrons. The van der Waals surface area contributed by atoms with Crippen molar-refractivity contribution >= 4 is 27.5 Å². The summed E-state index contributed by atoms with van der Waals surface area (Å²) in [7, 11) is 1.89. The molecule has 1 aliphatic rings. The van der Waals surface area contributed by atoms with Gasteiger partial charge in [0.25, 0.3) is 5.56 Å². The maximum atomic E-state index is 11.8. The minimum Gasteiger partial charge on any atom is -0.475 e. The van der Waals surface area contributed by atoms with Crippen molar-refractivity contribution in [2.75, 3.05) is 7.05 Å². The molecule has 0 atom stereocenters. The molecule has 3 aromatic heterocycles. The van der Waals surface area contributed by atoms with Crippen molar-refractivity contribution in [1.29, 1.82) is 0 Å². The second kappa shape index (κ2) is 6.98. The van der Waals surface area contributed by atoms with Gasteiger partial charge >= 0.3 is 5.97 Å². The van der Waals surface area contributed by atoms with Crippen LogP contribution >= 0.6 is 11.3 Å². The number of carboxylic acid groups (broad SMARTS) is 1. The van der Waals surface area contributed by atoms with E-state index >= 15 is 0 Å². The molecule has 0 bridgehead atoms. The molecule has 3 aromatic rings. The van der Waals surface area contributed by atoms with Crippen LogP contribution in [0.4, 0.5) is 0 Å². The van der Waals surface area contributed by atoms with E-state index in [1.54, 1.807) is 6.26 Å². The summed E-state index contributed by atoms with van der Waals surface area (Å²) in [4.78, 5) is 30.5. The zero-order valence-electron chi connectivity index (χ0n) is 13.1. The Hall–Kier alpha value is -2.45. The van der Waals surface area contributed by atoms with E-state index in [4.69, 9.17) is 9.52 Å². The predicted octanol–water partition coefficient (Wildman–Crippen LogP) is 2.17. The second-order valence-electron chi connectivity index (χ2n) is 5.37. The van der Waals surface area contributed by atoms with E-state index in [0.717, 1.165) is 37.1 Å². The number of aromatic nitrogens is 2. The van der Waals surface area contributed by atoms with E-state index in [1.807, 2.05) is 19.2 Å². The first-order valence-corrected chi connectivity index (χ1v) is 8.36. The number of furan rings is 1. The SMILES string of the molecule is CNCc1ccco1.O=C(O)c1nc2sc3c(c2c(=O)[nH]1)CCC3. The molecular formula is C16H17N3O4S. The Kier molecular flexibility index (Phi) is 4.77. The Morgan fingerprint density at radius 3 is 3.00 bits per heavy atom. The summed E-state index contributed by atoms with van der Waals surface area (Å²) in [6.07, 6.45) is 4.61. The molecule has 3 heterocycles. The first-order chi connectivity index (χ1) is 11.6. The van der Waals surface area contributed by atoms with Crippen LogP contribution in [0.25, 0.3) is 10.2 Å². The molecule has 0 spiro atoms. The first-order valence-electron chi connectivity index (χ1n) is 7.55. The third kappa shape index (κ3) is 3.24. The van der Waals surface area contributed by atoms with Gasteiger partial charge < -0.3 is 19.8 Å². The number of nitrogens with zero attached hydrogens (tertiary/aromatic N) is 1. The molecule has 8 heteroatoms. The Morgan fingerprint density at radius 2 is 2.33 bits per heavy atom. The Morgan fingerprint density at radius 1 is 1.50 bits per heavy atom. The fraction of sp³-hybridized carbons (Fsp3) is 0.312. The molecule has 1 aliphatic carbocycles. The average Bonchev–Trinajstić information content (AvgIpc) is 3.24. The van der Waals surface area contributed by atoms with Crippen LogP contribution in [0.1, 0.15) is 33.2 Å². The van der Waals surface area contributed by atoms with Crippen LogP contribution in [0.2, 0.25) is 0 Å². The fourth-order valence-corrected chi connectivity index (χ4v) is 3.95. The van der Waals surface area contributed by atoms with Gasteiger partial charge in [0.1, 0.15) is 10.6 Å². The maximum Gasteiger partial charge on any atom is 0.372 e. The average molecular weight is 347 g/mol. The van der Waals surface area contributed by atoms with Crippen molar-refractivity contribution in [3.63, 3.8) is 0 Å². The molecule has 0 amide bonds. The number of hydrogen-bond acceptors (Lipinski definition) is 6. The predicted molar refractivity (Wildman–Crippen MR) is 90.7 cm³/mol. The number of aromatic carboxylic acids is 1. The lowest BCUT2D eigenvalue weighted by molar-refractivity contribution is 0.0683. The fourth-order valence-electron chi connectivity index (χ4n) is 2.69. The number of fused-ring (bicyclic) bond motifs is 3. The van der Waals surface area contributed by atoms with Crippen LogP contribution < -0.4 is 10.9 Å². The number of aromatic amines is 1. The molecule has 0 aliphatic heterocycles. The van der Waals surface area contributed by atoms with Crippen molar-refractivity contribution in [2.45, 2.75) is 25.8 Å². The summed E-state index contributed by atoms with van der Waals surface area (Å²) in [5.74, 6) is -0.502. The molecule has 3 N–H and O–H groups in total. The quantitative estimate of drug-likeness (QED) is 0.670. The van der Waals surface area contributed by atoms with Crippen molar-refractivity contribution in [2.24, 2.45) is 0 Å². The number of H-pyrrole nitrogens is 1.